The minimum Gasteiger partial charge on any atom is -0.399 e. The number of hydrogen-bond donors (Lipinski definition) is 4. The Morgan fingerprint density at radius 1 is 1.00 bits per heavy atom. The van der Waals surface area contributed by atoms with Crippen molar-refractivity contribution in [2.24, 2.45) is 11.6 Å². The molecule has 0 aliphatic carbocycles. The van der Waals surface area contributed by atoms with Crippen LogP contribution in [-0.4, -0.2) is 31.8 Å². The molecule has 6 N–H and O–H groups in total. The van der Waals surface area contributed by atoms with Crippen LogP contribution >= 0.6 is 0 Å². The van der Waals surface area contributed by atoms with Crippen molar-refractivity contribution in [3.8, 4) is 0 Å². The number of nitrogens with one attached hydrogen (secondary N) is 2. The number of rotatable bonds is 9. The van der Waals surface area contributed by atoms with Crippen molar-refractivity contribution < 1.29 is 4.39 Å². The van der Waals surface area contributed by atoms with Crippen molar-refractivity contribution in [3.63, 3.8) is 0 Å². The summed E-state index contributed by atoms with van der Waals surface area (Å²) in [6.07, 6.45) is 5.67. The topological polar surface area (TPSA) is 79.3 Å². The summed E-state index contributed by atoms with van der Waals surface area (Å²) >= 11 is 0. The molecule has 2 aromatic carbocycles. The third-order valence-corrected chi connectivity index (χ3v) is 3.75. The van der Waals surface area contributed by atoms with Crippen LogP contribution in [-0.2, 0) is 0 Å². The molecule has 5 nitrogen and oxygen atoms in total. The van der Waals surface area contributed by atoms with Gasteiger partial charge in [0.1, 0.15) is 6.67 Å². The molecule has 0 fully saturated rings. The molecule has 0 unspecified atom stereocenters. The van der Waals surface area contributed by atoms with Gasteiger partial charge in [0.05, 0.1) is 13.1 Å². The first-order valence-corrected chi connectivity index (χ1v) is 8.44. The van der Waals surface area contributed by atoms with E-state index >= 15 is 0 Å². The van der Waals surface area contributed by atoms with E-state index in [1.54, 1.807) is 0 Å². The van der Waals surface area contributed by atoms with E-state index < -0.39 is 6.67 Å². The van der Waals surface area contributed by atoms with Crippen LogP contribution in [0.2, 0.25) is 0 Å². The minimum absolute atomic E-state index is 0.124. The summed E-state index contributed by atoms with van der Waals surface area (Å²) in [7, 11) is 1.90. The van der Waals surface area contributed by atoms with Gasteiger partial charge in [-0.15, -0.1) is 0 Å². The maximum atomic E-state index is 12.2. The standard InChI is InChI=1S/C20H26FN5/c1-24-19-8-4-16(5-9-19)2-3-17-6-10-20(11-7-17)25-14-18(22)15-26(23)13-12-21/h2-11,15,24-25H,12-14,22-23H2,1H3/b3-2+,18-15-. The molecule has 0 saturated carbocycles. The fourth-order valence-electron chi connectivity index (χ4n) is 2.29. The second-order valence-electron chi connectivity index (χ2n) is 5.81. The highest BCUT2D eigenvalue weighted by Gasteiger charge is 1.97. The minimum atomic E-state index is -0.512. The SMILES string of the molecule is CNc1ccc(/C=C/c2ccc(NC/C(N)=C/N(N)CCF)cc2)cc1. The first-order valence-electron chi connectivity index (χ1n) is 8.44. The lowest BCUT2D eigenvalue weighted by Crippen LogP contribution is -2.29. The summed E-state index contributed by atoms with van der Waals surface area (Å²) in [5.41, 5.74) is 10.7. The van der Waals surface area contributed by atoms with Crippen LogP contribution in [0.5, 0.6) is 0 Å². The number of anilines is 2. The van der Waals surface area contributed by atoms with E-state index in [2.05, 4.69) is 34.9 Å². The highest BCUT2D eigenvalue weighted by Crippen LogP contribution is 2.14. The van der Waals surface area contributed by atoms with Crippen molar-refractivity contribution in [1.82, 2.24) is 5.01 Å². The zero-order valence-electron chi connectivity index (χ0n) is 15.0. The van der Waals surface area contributed by atoms with Gasteiger partial charge in [0.15, 0.2) is 0 Å². The third kappa shape index (κ3) is 6.49. The first-order chi connectivity index (χ1) is 12.6. The summed E-state index contributed by atoms with van der Waals surface area (Å²) in [5, 5.41) is 7.55. The highest BCUT2D eigenvalue weighted by molar-refractivity contribution is 5.71. The van der Waals surface area contributed by atoms with E-state index in [0.29, 0.717) is 12.2 Å². The molecular weight excluding hydrogens is 329 g/mol. The maximum absolute atomic E-state index is 12.2. The smallest absolute Gasteiger partial charge is 0.108 e. The summed E-state index contributed by atoms with van der Waals surface area (Å²) < 4.78 is 12.2. The Morgan fingerprint density at radius 2 is 1.54 bits per heavy atom. The summed E-state index contributed by atoms with van der Waals surface area (Å²) in [4.78, 5) is 0. The molecule has 0 aromatic heterocycles. The Hall–Kier alpha value is -2.99. The van der Waals surface area contributed by atoms with Crippen molar-refractivity contribution in [2.45, 2.75) is 0 Å². The van der Waals surface area contributed by atoms with E-state index in [0.717, 1.165) is 22.5 Å². The van der Waals surface area contributed by atoms with Crippen molar-refractivity contribution in [1.29, 1.82) is 0 Å². The second-order valence-corrected chi connectivity index (χ2v) is 5.81. The second kappa shape index (κ2) is 10.1. The predicted molar refractivity (Wildman–Crippen MR) is 109 cm³/mol. The molecule has 0 amide bonds. The summed E-state index contributed by atoms with van der Waals surface area (Å²) in [6, 6.07) is 16.2. The van der Waals surface area contributed by atoms with E-state index in [1.165, 1.54) is 11.2 Å². The van der Waals surface area contributed by atoms with Crippen LogP contribution in [0.4, 0.5) is 15.8 Å². The summed E-state index contributed by atoms with van der Waals surface area (Å²) in [5.74, 6) is 5.57. The lowest BCUT2D eigenvalue weighted by atomic mass is 10.1. The lowest BCUT2D eigenvalue weighted by molar-refractivity contribution is 0.333. The fourth-order valence-corrected chi connectivity index (χ4v) is 2.29. The normalized spacial score (nSPS) is 11.6. The monoisotopic (exact) mass is 355 g/mol. The van der Waals surface area contributed by atoms with Gasteiger partial charge in [-0.2, -0.15) is 0 Å². The molecule has 0 aliphatic heterocycles. The van der Waals surface area contributed by atoms with Gasteiger partial charge in [-0.1, -0.05) is 36.4 Å². The largest absolute Gasteiger partial charge is 0.399 e. The molecule has 0 spiro atoms. The van der Waals surface area contributed by atoms with Crippen LogP contribution in [0.3, 0.4) is 0 Å². The van der Waals surface area contributed by atoms with Crippen molar-refractivity contribution >= 4 is 23.5 Å². The van der Waals surface area contributed by atoms with Gasteiger partial charge in [-0.3, -0.25) is 0 Å². The molecular formula is C20H26FN5. The van der Waals surface area contributed by atoms with Gasteiger partial charge >= 0.3 is 0 Å². The van der Waals surface area contributed by atoms with Gasteiger partial charge < -0.3 is 21.4 Å². The van der Waals surface area contributed by atoms with Crippen LogP contribution in [0, 0.1) is 0 Å². The Labute approximate surface area is 154 Å². The number of hydrazine groups is 1. The maximum Gasteiger partial charge on any atom is 0.108 e. The van der Waals surface area contributed by atoms with E-state index in [-0.39, 0.29) is 6.54 Å². The molecule has 6 heteroatoms. The van der Waals surface area contributed by atoms with Crippen LogP contribution < -0.4 is 22.2 Å². The number of benzene rings is 2. The zero-order chi connectivity index (χ0) is 18.8. The molecule has 0 saturated heterocycles. The molecule has 0 atom stereocenters. The first kappa shape index (κ1) is 19.3. The molecule has 0 heterocycles. The van der Waals surface area contributed by atoms with Gasteiger partial charge in [-0.05, 0) is 35.4 Å². The quantitative estimate of drug-likeness (QED) is 0.315. The van der Waals surface area contributed by atoms with Gasteiger partial charge in [0.2, 0.25) is 0 Å². The molecule has 0 aliphatic rings. The van der Waals surface area contributed by atoms with Gasteiger partial charge in [0, 0.05) is 30.3 Å². The molecule has 26 heavy (non-hydrogen) atoms. The molecule has 0 radical (unpaired) electrons. The number of halogens is 1. The zero-order valence-corrected chi connectivity index (χ0v) is 15.0. The lowest BCUT2D eigenvalue weighted by Gasteiger charge is -2.13. The van der Waals surface area contributed by atoms with Crippen molar-refractivity contribution in [3.05, 3.63) is 71.6 Å². The predicted octanol–water partition coefficient (Wildman–Crippen LogP) is 3.26. The number of nitrogens with two attached hydrogens (primary N) is 2. The number of nitrogens with zero attached hydrogens (tertiary/aromatic N) is 1. The molecule has 2 aromatic rings. The average molecular weight is 355 g/mol. The average Bonchev–Trinajstić information content (AvgIpc) is 2.66. The molecule has 0 bridgehead atoms. The fraction of sp³-hybridized carbons (Fsp3) is 0.200. The van der Waals surface area contributed by atoms with Gasteiger partial charge in [-0.25, -0.2) is 10.2 Å². The van der Waals surface area contributed by atoms with E-state index in [4.69, 9.17) is 11.6 Å². The Morgan fingerprint density at radius 3 is 2.04 bits per heavy atom. The number of hydrogen-bond acceptors (Lipinski definition) is 5. The Kier molecular flexibility index (Phi) is 7.51. The Bertz CT molecular complexity index is 723. The Balaban J connectivity index is 1.88. The van der Waals surface area contributed by atoms with E-state index in [1.807, 2.05) is 43.4 Å². The third-order valence-electron chi connectivity index (χ3n) is 3.75. The molecule has 138 valence electrons. The number of alkyl halides is 1. The van der Waals surface area contributed by atoms with Crippen LogP contribution in [0.1, 0.15) is 11.1 Å². The molecule has 2 rings (SSSR count). The summed E-state index contributed by atoms with van der Waals surface area (Å²) in [6.45, 7) is 0.0503. The highest BCUT2D eigenvalue weighted by atomic mass is 19.1. The van der Waals surface area contributed by atoms with Crippen molar-refractivity contribution in [2.75, 3.05) is 37.4 Å². The van der Waals surface area contributed by atoms with Crippen LogP contribution in [0.25, 0.3) is 12.2 Å². The van der Waals surface area contributed by atoms with E-state index in [9.17, 15) is 4.39 Å². The van der Waals surface area contributed by atoms with Gasteiger partial charge in [0.25, 0.3) is 0 Å². The van der Waals surface area contributed by atoms with Crippen LogP contribution in [0.15, 0.2) is 60.4 Å².